The number of aliphatic imine (C=N–C) groups is 1. The van der Waals surface area contributed by atoms with Gasteiger partial charge in [-0.05, 0) is 50.1 Å². The van der Waals surface area contributed by atoms with Gasteiger partial charge >= 0.3 is 0 Å². The monoisotopic (exact) mass is 730 g/mol. The molecule has 1 aromatic carbocycles. The van der Waals surface area contributed by atoms with Crippen LogP contribution in [-0.2, 0) is 28.7 Å². The van der Waals surface area contributed by atoms with Crippen LogP contribution in [0.3, 0.4) is 0 Å². The van der Waals surface area contributed by atoms with Gasteiger partial charge in [0.25, 0.3) is 5.91 Å². The highest BCUT2D eigenvalue weighted by Crippen LogP contribution is 2.30. The summed E-state index contributed by atoms with van der Waals surface area (Å²) in [7, 11) is 6.57. The van der Waals surface area contributed by atoms with Crippen molar-refractivity contribution in [3.05, 3.63) is 35.9 Å². The molecule has 3 N–H and O–H groups in total. The SMILES string of the molecule is CC[C@H](C)[C@@H]([C@@H](CC(=O)N1CCC[C@H]1[C@H](OC)[C@@H](C)C(=O)N[C@H](C)[C@@H](O)c1ccccc1)OC)N(C)C(=O)C(C=NC(=O)[C@@H](NC)C(C)C)C(C)C. The van der Waals surface area contributed by atoms with Gasteiger partial charge in [0, 0.05) is 34.0 Å². The molecule has 0 aromatic heterocycles. The molecule has 4 amide bonds. The maximum absolute atomic E-state index is 14.1. The molecule has 0 aliphatic carbocycles. The molecule has 0 saturated carbocycles. The summed E-state index contributed by atoms with van der Waals surface area (Å²) in [6.45, 7) is 15.9. The summed E-state index contributed by atoms with van der Waals surface area (Å²) < 4.78 is 11.9. The maximum Gasteiger partial charge on any atom is 0.262 e. The van der Waals surface area contributed by atoms with Crippen molar-refractivity contribution < 1.29 is 33.8 Å². The lowest BCUT2D eigenvalue weighted by Crippen LogP contribution is -2.54. The zero-order valence-electron chi connectivity index (χ0n) is 33.7. The number of rotatable bonds is 20. The van der Waals surface area contributed by atoms with E-state index in [2.05, 4.69) is 15.6 Å². The second-order valence-corrected chi connectivity index (χ2v) is 15.1. The van der Waals surface area contributed by atoms with Gasteiger partial charge in [0.05, 0.1) is 60.7 Å². The van der Waals surface area contributed by atoms with Crippen molar-refractivity contribution >= 4 is 29.8 Å². The van der Waals surface area contributed by atoms with Crippen LogP contribution in [0.4, 0.5) is 0 Å². The van der Waals surface area contributed by atoms with Crippen molar-refractivity contribution in [2.75, 3.05) is 34.9 Å². The van der Waals surface area contributed by atoms with Crippen molar-refractivity contribution in [1.82, 2.24) is 20.4 Å². The summed E-state index contributed by atoms with van der Waals surface area (Å²) in [5, 5.41) is 16.8. The standard InChI is InChI=1S/C40H67N5O7/c1-13-26(6)35(44(10)40(50)30(24(2)3)23-42-39(49)34(41-9)25(4)5)32(51-11)22-33(46)45-21-17-20-31(45)37(52-12)27(7)38(48)43-28(8)36(47)29-18-15-14-16-19-29/h14-16,18-19,23-28,30-32,34-37,41,47H,13,17,20-22H2,1-12H3,(H,43,48)/t26-,27+,28+,30?,31-,32+,34-,35-,36+,37+/m0/s1. The average molecular weight is 730 g/mol. The van der Waals surface area contributed by atoms with Crippen LogP contribution in [0, 0.1) is 29.6 Å². The van der Waals surface area contributed by atoms with E-state index in [1.807, 2.05) is 71.9 Å². The molecule has 52 heavy (non-hydrogen) atoms. The Bertz CT molecular complexity index is 1310. The van der Waals surface area contributed by atoms with Crippen LogP contribution in [0.25, 0.3) is 0 Å². The van der Waals surface area contributed by atoms with Crippen LogP contribution in [0.2, 0.25) is 0 Å². The molecule has 1 saturated heterocycles. The molecule has 0 spiro atoms. The summed E-state index contributed by atoms with van der Waals surface area (Å²) >= 11 is 0. The van der Waals surface area contributed by atoms with Gasteiger partial charge in [-0.15, -0.1) is 0 Å². The van der Waals surface area contributed by atoms with Crippen LogP contribution in [0.15, 0.2) is 35.3 Å². The number of aliphatic hydroxyl groups is 1. The lowest BCUT2D eigenvalue weighted by molar-refractivity contribution is -0.147. The fraction of sp³-hybridized carbons (Fsp3) is 0.725. The highest BCUT2D eigenvalue weighted by molar-refractivity contribution is 5.99. The van der Waals surface area contributed by atoms with Crippen LogP contribution < -0.4 is 10.6 Å². The first kappa shape index (κ1) is 45.0. The Labute approximate surface area is 312 Å². The number of aliphatic hydroxyl groups excluding tert-OH is 1. The molecule has 10 atom stereocenters. The number of ether oxygens (including phenoxy) is 2. The third kappa shape index (κ3) is 11.7. The molecular formula is C40H67N5O7. The predicted molar refractivity (Wildman–Crippen MR) is 205 cm³/mol. The Morgan fingerprint density at radius 2 is 1.65 bits per heavy atom. The quantitative estimate of drug-likeness (QED) is 0.169. The third-order valence-corrected chi connectivity index (χ3v) is 10.9. The molecule has 1 unspecified atom stereocenters. The van der Waals surface area contributed by atoms with Gasteiger partial charge in [-0.25, -0.2) is 4.99 Å². The molecule has 1 heterocycles. The minimum atomic E-state index is -0.876. The first-order chi connectivity index (χ1) is 24.5. The van der Waals surface area contributed by atoms with Crippen molar-refractivity contribution in [3.63, 3.8) is 0 Å². The van der Waals surface area contributed by atoms with Crippen molar-refractivity contribution in [2.45, 2.75) is 124 Å². The van der Waals surface area contributed by atoms with E-state index < -0.39 is 48.3 Å². The lowest BCUT2D eigenvalue weighted by Gasteiger charge is -2.40. The Balaban J connectivity index is 2.25. The largest absolute Gasteiger partial charge is 0.386 e. The van der Waals surface area contributed by atoms with E-state index in [4.69, 9.17) is 9.47 Å². The first-order valence-corrected chi connectivity index (χ1v) is 19.0. The van der Waals surface area contributed by atoms with E-state index in [-0.39, 0.29) is 53.8 Å². The molecular weight excluding hydrogens is 662 g/mol. The van der Waals surface area contributed by atoms with Gasteiger partial charge in [0.1, 0.15) is 0 Å². The Kier molecular flexibility index (Phi) is 18.6. The molecule has 0 radical (unpaired) electrons. The number of amides is 4. The number of likely N-dealkylation sites (tertiary alicyclic amines) is 1. The van der Waals surface area contributed by atoms with Gasteiger partial charge in [-0.2, -0.15) is 0 Å². The molecule has 1 fully saturated rings. The van der Waals surface area contributed by atoms with E-state index >= 15 is 0 Å². The summed E-state index contributed by atoms with van der Waals surface area (Å²) in [5.41, 5.74) is 0.710. The number of likely N-dealkylation sites (N-methyl/N-ethyl adjacent to an activating group) is 2. The second kappa shape index (κ2) is 21.5. The van der Waals surface area contributed by atoms with E-state index in [9.17, 15) is 24.3 Å². The van der Waals surface area contributed by atoms with Gasteiger partial charge in [0.15, 0.2) is 0 Å². The Morgan fingerprint density at radius 1 is 1.02 bits per heavy atom. The number of methoxy groups -OCH3 is 2. The zero-order chi connectivity index (χ0) is 39.3. The van der Waals surface area contributed by atoms with Crippen molar-refractivity contribution in [3.8, 4) is 0 Å². The number of nitrogens with one attached hydrogen (secondary N) is 2. The van der Waals surface area contributed by atoms with E-state index in [1.165, 1.54) is 6.21 Å². The van der Waals surface area contributed by atoms with E-state index in [1.54, 1.807) is 52.0 Å². The lowest BCUT2D eigenvalue weighted by atomic mass is 9.88. The molecule has 1 aliphatic rings. The van der Waals surface area contributed by atoms with Gasteiger partial charge in [0.2, 0.25) is 17.7 Å². The van der Waals surface area contributed by atoms with E-state index in [0.717, 1.165) is 12.8 Å². The van der Waals surface area contributed by atoms with Crippen LogP contribution in [0.1, 0.15) is 92.7 Å². The third-order valence-electron chi connectivity index (χ3n) is 10.9. The first-order valence-electron chi connectivity index (χ1n) is 19.0. The predicted octanol–water partition coefficient (Wildman–Crippen LogP) is 4.26. The highest BCUT2D eigenvalue weighted by atomic mass is 16.5. The summed E-state index contributed by atoms with van der Waals surface area (Å²) in [6.07, 6.45) is 1.63. The molecule has 294 valence electrons. The molecule has 0 bridgehead atoms. The maximum atomic E-state index is 14.1. The molecule has 1 aromatic rings. The number of hydrogen-bond acceptors (Lipinski definition) is 8. The van der Waals surface area contributed by atoms with Crippen LogP contribution >= 0.6 is 0 Å². The van der Waals surface area contributed by atoms with Crippen LogP contribution in [-0.4, -0.2) is 116 Å². The summed E-state index contributed by atoms with van der Waals surface area (Å²) in [5.74, 6) is -2.26. The summed E-state index contributed by atoms with van der Waals surface area (Å²) in [4.78, 5) is 62.2. The number of carbonyl (C=O) groups excluding carboxylic acids is 4. The molecule has 1 aliphatic heterocycles. The topological polar surface area (TPSA) is 150 Å². The summed E-state index contributed by atoms with van der Waals surface area (Å²) in [6, 6.07) is 7.43. The van der Waals surface area contributed by atoms with Crippen molar-refractivity contribution in [2.24, 2.45) is 34.6 Å². The number of nitrogens with zero attached hydrogens (tertiary/aromatic N) is 3. The highest BCUT2D eigenvalue weighted by Gasteiger charge is 2.43. The zero-order valence-corrected chi connectivity index (χ0v) is 33.7. The van der Waals surface area contributed by atoms with Gasteiger partial charge in [-0.1, -0.05) is 85.2 Å². The average Bonchev–Trinajstić information content (AvgIpc) is 3.60. The fourth-order valence-electron chi connectivity index (χ4n) is 7.41. The minimum absolute atomic E-state index is 0.00858. The Hall–Kier alpha value is -3.19. The fourth-order valence-corrected chi connectivity index (χ4v) is 7.41. The van der Waals surface area contributed by atoms with Crippen LogP contribution in [0.5, 0.6) is 0 Å². The van der Waals surface area contributed by atoms with Gasteiger partial charge < -0.3 is 35.0 Å². The molecule has 12 heteroatoms. The number of hydrogen-bond donors (Lipinski definition) is 3. The second-order valence-electron chi connectivity index (χ2n) is 15.1. The Morgan fingerprint density at radius 3 is 2.17 bits per heavy atom. The number of benzene rings is 1. The number of carbonyl (C=O) groups is 4. The van der Waals surface area contributed by atoms with Crippen molar-refractivity contribution in [1.29, 1.82) is 0 Å². The molecule has 2 rings (SSSR count). The normalized spacial score (nSPS) is 20.2. The molecule has 12 nitrogen and oxygen atoms in total. The van der Waals surface area contributed by atoms with Gasteiger partial charge in [-0.3, -0.25) is 19.2 Å². The smallest absolute Gasteiger partial charge is 0.262 e. The minimum Gasteiger partial charge on any atom is -0.386 e. The van der Waals surface area contributed by atoms with E-state index in [0.29, 0.717) is 18.5 Å².